The molecule has 0 atom stereocenters. The summed E-state index contributed by atoms with van der Waals surface area (Å²) in [5, 5.41) is 0. The summed E-state index contributed by atoms with van der Waals surface area (Å²) >= 11 is 4.27. The molecule has 0 spiro atoms. The summed E-state index contributed by atoms with van der Waals surface area (Å²) in [7, 11) is 0. The molecule has 1 saturated carbocycles. The molecule has 0 aromatic heterocycles. The average molecular weight is 269 g/mol. The van der Waals surface area contributed by atoms with Gasteiger partial charge in [0.1, 0.15) is 0 Å². The van der Waals surface area contributed by atoms with Crippen LogP contribution in [-0.4, -0.2) is 22.9 Å². The monoisotopic (exact) mass is 269 g/mol. The summed E-state index contributed by atoms with van der Waals surface area (Å²) in [6.07, 6.45) is 9.86. The Balaban J connectivity index is 0.000000462. The van der Waals surface area contributed by atoms with Gasteiger partial charge in [0, 0.05) is 0 Å². The fourth-order valence-corrected chi connectivity index (χ4v) is 1.62. The van der Waals surface area contributed by atoms with E-state index in [2.05, 4.69) is 16.3 Å². The quantitative estimate of drug-likeness (QED) is 0.488. The maximum atomic E-state index is 8.66. The Morgan fingerprint density at radius 3 is 1.88 bits per heavy atom. The molecule has 98 valence electrons. The van der Waals surface area contributed by atoms with Crippen LogP contribution < -0.4 is 5.73 Å². The van der Waals surface area contributed by atoms with Crippen LogP contribution in [0.5, 0.6) is 0 Å². The summed E-state index contributed by atoms with van der Waals surface area (Å²) in [6, 6.07) is 0. The Hall–Kier alpha value is 0.490. The van der Waals surface area contributed by atoms with Gasteiger partial charge in [-0.1, -0.05) is 38.5 Å². The highest BCUT2D eigenvalue weighted by Crippen LogP contribution is 2.36. The molecule has 0 aromatic rings. The van der Waals surface area contributed by atoms with Crippen molar-refractivity contribution >= 4 is 18.5 Å². The van der Waals surface area contributed by atoms with Gasteiger partial charge < -0.3 is 20.0 Å². The van der Waals surface area contributed by atoms with Gasteiger partial charge in [0.2, 0.25) is 0 Å². The maximum Gasteiger partial charge on any atom is 0.321 e. The topological polar surface area (TPSA) is 75.7 Å². The van der Waals surface area contributed by atoms with Crippen LogP contribution in [0, 0.1) is 0 Å². The van der Waals surface area contributed by atoms with E-state index in [9.17, 15) is 0 Å². The number of unbranched alkanes of at least 4 members (excludes halogenated alkanes) is 3. The Kier molecular flexibility index (Phi) is 11.0. The van der Waals surface area contributed by atoms with Gasteiger partial charge in [-0.25, -0.2) is 0 Å². The van der Waals surface area contributed by atoms with Gasteiger partial charge >= 0.3 is 6.72 Å². The lowest BCUT2D eigenvalue weighted by molar-refractivity contribution is 0.245. The van der Waals surface area contributed by atoms with E-state index in [0.717, 1.165) is 25.7 Å². The van der Waals surface area contributed by atoms with Crippen molar-refractivity contribution in [1.29, 1.82) is 0 Å². The van der Waals surface area contributed by atoms with Crippen molar-refractivity contribution in [2.75, 3.05) is 13.2 Å². The van der Waals surface area contributed by atoms with E-state index in [0.29, 0.717) is 13.2 Å². The van der Waals surface area contributed by atoms with Crippen LogP contribution in [0.2, 0.25) is 0 Å². The Morgan fingerprint density at radius 2 is 1.50 bits per heavy atom. The molecule has 0 heterocycles. The minimum atomic E-state index is -3.41. The zero-order valence-corrected chi connectivity index (χ0v) is 11.5. The van der Waals surface area contributed by atoms with Crippen molar-refractivity contribution < 1.29 is 14.3 Å². The van der Waals surface area contributed by atoms with E-state index >= 15 is 0 Å². The van der Waals surface area contributed by atoms with Gasteiger partial charge in [-0.05, 0) is 31.2 Å². The molecule has 0 aliphatic heterocycles. The standard InChI is InChI=1S/C6H16NO3PS.C4H8/c7-5-3-1-2-4-6-10-11(8,9)12;1-2-4-3-1/h1-7H2,(H2,8,9,12);1-4H2. The fraction of sp³-hybridized carbons (Fsp3) is 1.00. The Labute approximate surface area is 103 Å². The van der Waals surface area contributed by atoms with E-state index in [4.69, 9.17) is 15.5 Å². The Morgan fingerprint density at radius 1 is 1.00 bits per heavy atom. The molecule has 6 heteroatoms. The smallest absolute Gasteiger partial charge is 0.321 e. The van der Waals surface area contributed by atoms with Crippen LogP contribution in [0.4, 0.5) is 0 Å². The predicted molar refractivity (Wildman–Crippen MR) is 70.7 cm³/mol. The zero-order valence-electron chi connectivity index (χ0n) is 9.81. The van der Waals surface area contributed by atoms with Gasteiger partial charge in [-0.3, -0.25) is 0 Å². The number of nitrogens with two attached hydrogens (primary N) is 1. The zero-order chi connectivity index (χ0) is 12.3. The van der Waals surface area contributed by atoms with Crippen LogP contribution >= 0.6 is 6.72 Å². The van der Waals surface area contributed by atoms with Crippen molar-refractivity contribution in [2.24, 2.45) is 5.73 Å². The van der Waals surface area contributed by atoms with E-state index < -0.39 is 6.72 Å². The minimum Gasteiger partial charge on any atom is -0.330 e. The van der Waals surface area contributed by atoms with Crippen molar-refractivity contribution in [3.8, 4) is 0 Å². The lowest BCUT2D eigenvalue weighted by Crippen LogP contribution is -1.98. The summed E-state index contributed by atoms with van der Waals surface area (Å²) in [6.45, 7) is -2.38. The average Bonchev–Trinajstić information content (AvgIpc) is 2.06. The third-order valence-corrected chi connectivity index (χ3v) is 3.19. The van der Waals surface area contributed by atoms with Gasteiger partial charge in [-0.15, -0.1) is 0 Å². The van der Waals surface area contributed by atoms with E-state index in [1.54, 1.807) is 0 Å². The maximum absolute atomic E-state index is 8.66. The molecule has 4 nitrogen and oxygen atoms in total. The van der Waals surface area contributed by atoms with Crippen LogP contribution in [0.3, 0.4) is 0 Å². The van der Waals surface area contributed by atoms with Crippen molar-refractivity contribution in [1.82, 2.24) is 0 Å². The molecule has 4 N–H and O–H groups in total. The summed E-state index contributed by atoms with van der Waals surface area (Å²) in [4.78, 5) is 17.3. The van der Waals surface area contributed by atoms with E-state index in [1.165, 1.54) is 25.7 Å². The molecule has 1 aliphatic rings. The summed E-state index contributed by atoms with van der Waals surface area (Å²) < 4.78 is 4.62. The molecule has 0 saturated heterocycles. The molecule has 0 radical (unpaired) electrons. The highest BCUT2D eigenvalue weighted by Gasteiger charge is 2.05. The highest BCUT2D eigenvalue weighted by atomic mass is 32.5. The van der Waals surface area contributed by atoms with E-state index in [-0.39, 0.29) is 0 Å². The molecular formula is C10H24NO3PS. The van der Waals surface area contributed by atoms with Crippen molar-refractivity contribution in [2.45, 2.75) is 51.4 Å². The van der Waals surface area contributed by atoms with E-state index in [1.807, 2.05) is 0 Å². The SMILES string of the molecule is C1CCC1.NCCCCCCOP(O)(O)=S. The second-order valence-electron chi connectivity index (χ2n) is 3.94. The molecule has 0 aromatic carbocycles. The summed E-state index contributed by atoms with van der Waals surface area (Å²) in [5.74, 6) is 0. The van der Waals surface area contributed by atoms with Crippen molar-refractivity contribution in [3.05, 3.63) is 0 Å². The predicted octanol–water partition coefficient (Wildman–Crippen LogP) is 2.29. The summed E-state index contributed by atoms with van der Waals surface area (Å²) in [5.41, 5.74) is 5.29. The number of rotatable bonds is 7. The highest BCUT2D eigenvalue weighted by molar-refractivity contribution is 8.06. The molecule has 1 rings (SSSR count). The molecule has 0 unspecified atom stereocenters. The van der Waals surface area contributed by atoms with Crippen molar-refractivity contribution in [3.63, 3.8) is 0 Å². The fourth-order valence-electron chi connectivity index (χ4n) is 1.03. The number of hydrogen-bond donors (Lipinski definition) is 3. The first-order valence-electron chi connectivity index (χ1n) is 5.96. The molecule has 16 heavy (non-hydrogen) atoms. The minimum absolute atomic E-state index is 0.328. The molecule has 0 bridgehead atoms. The largest absolute Gasteiger partial charge is 0.330 e. The first-order chi connectivity index (χ1) is 7.56. The second kappa shape index (κ2) is 10.6. The molecule has 1 aliphatic carbocycles. The molecule has 1 fully saturated rings. The van der Waals surface area contributed by atoms with Crippen LogP contribution in [0.25, 0.3) is 0 Å². The van der Waals surface area contributed by atoms with Gasteiger partial charge in [-0.2, -0.15) is 0 Å². The third-order valence-electron chi connectivity index (χ3n) is 2.36. The molecule has 0 amide bonds. The van der Waals surface area contributed by atoms with Gasteiger partial charge in [0.05, 0.1) is 6.61 Å². The first-order valence-corrected chi connectivity index (χ1v) is 8.59. The third kappa shape index (κ3) is 14.5. The van der Waals surface area contributed by atoms with Gasteiger partial charge in [0.25, 0.3) is 0 Å². The van der Waals surface area contributed by atoms with Crippen LogP contribution in [0.15, 0.2) is 0 Å². The lowest BCUT2D eigenvalue weighted by Gasteiger charge is -2.07. The molecular weight excluding hydrogens is 245 g/mol. The second-order valence-corrected chi connectivity index (χ2v) is 6.61. The number of hydrogen-bond acceptors (Lipinski definition) is 3. The normalized spacial score (nSPS) is 14.9. The van der Waals surface area contributed by atoms with Crippen LogP contribution in [0.1, 0.15) is 51.4 Å². The van der Waals surface area contributed by atoms with Crippen LogP contribution in [-0.2, 0) is 16.3 Å². The van der Waals surface area contributed by atoms with Gasteiger partial charge in [0.15, 0.2) is 0 Å². The Bertz CT molecular complexity index is 191. The lowest BCUT2D eigenvalue weighted by atomic mass is 10.0. The first kappa shape index (κ1) is 16.5.